The van der Waals surface area contributed by atoms with E-state index in [0.29, 0.717) is 6.10 Å². The van der Waals surface area contributed by atoms with Gasteiger partial charge in [-0.3, -0.25) is 4.99 Å². The molecule has 0 bridgehead atoms. The van der Waals surface area contributed by atoms with E-state index in [0.717, 1.165) is 57.2 Å². The zero-order chi connectivity index (χ0) is 15.6. The molecule has 1 saturated heterocycles. The number of aliphatic imine (C=N–C) groups is 1. The van der Waals surface area contributed by atoms with E-state index in [1.165, 1.54) is 12.8 Å². The lowest BCUT2D eigenvalue weighted by molar-refractivity contribution is 0.117. The first-order valence-corrected chi connectivity index (χ1v) is 8.43. The fourth-order valence-electron chi connectivity index (χ4n) is 2.54. The summed E-state index contributed by atoms with van der Waals surface area (Å²) in [6, 6.07) is 3.93. The Labute approximate surface area is 156 Å². The van der Waals surface area contributed by atoms with E-state index in [1.807, 2.05) is 12.1 Å². The van der Waals surface area contributed by atoms with Crippen molar-refractivity contribution in [1.82, 2.24) is 10.2 Å². The van der Waals surface area contributed by atoms with E-state index >= 15 is 0 Å². The van der Waals surface area contributed by atoms with Crippen molar-refractivity contribution in [3.63, 3.8) is 0 Å². The highest BCUT2D eigenvalue weighted by atomic mass is 127. The lowest BCUT2D eigenvalue weighted by Gasteiger charge is -2.22. The first kappa shape index (κ1) is 20.3. The summed E-state index contributed by atoms with van der Waals surface area (Å²) in [5.41, 5.74) is 0. The average Bonchev–Trinajstić information content (AvgIpc) is 3.21. The second kappa shape index (κ2) is 11.7. The van der Waals surface area contributed by atoms with Gasteiger partial charge in [-0.2, -0.15) is 0 Å². The number of ether oxygens (including phenoxy) is 1. The van der Waals surface area contributed by atoms with Crippen LogP contribution in [0.2, 0.25) is 0 Å². The number of hydrogen-bond donors (Lipinski definition) is 1. The summed E-state index contributed by atoms with van der Waals surface area (Å²) in [7, 11) is 2.10. The molecule has 0 saturated carbocycles. The Morgan fingerprint density at radius 3 is 3.00 bits per heavy atom. The fourth-order valence-corrected chi connectivity index (χ4v) is 2.54. The summed E-state index contributed by atoms with van der Waals surface area (Å²) in [6.07, 6.45) is 7.53. The van der Waals surface area contributed by atoms with Crippen molar-refractivity contribution in [3.8, 4) is 0 Å². The average molecular weight is 435 g/mol. The molecule has 1 aliphatic heterocycles. The van der Waals surface area contributed by atoms with Crippen LogP contribution in [0.1, 0.15) is 38.4 Å². The third-order valence-electron chi connectivity index (χ3n) is 3.91. The summed E-state index contributed by atoms with van der Waals surface area (Å²) < 4.78 is 11.0. The van der Waals surface area contributed by atoms with Gasteiger partial charge in [0.25, 0.3) is 0 Å². The highest BCUT2D eigenvalue weighted by Crippen LogP contribution is 2.12. The van der Waals surface area contributed by atoms with E-state index in [-0.39, 0.29) is 24.0 Å². The maximum atomic E-state index is 5.66. The highest BCUT2D eigenvalue weighted by Gasteiger charge is 2.15. The van der Waals surface area contributed by atoms with E-state index < -0.39 is 0 Å². The van der Waals surface area contributed by atoms with Crippen molar-refractivity contribution in [2.45, 2.75) is 45.1 Å². The molecular weight excluding hydrogens is 405 g/mol. The van der Waals surface area contributed by atoms with Crippen LogP contribution in [0.15, 0.2) is 27.8 Å². The predicted molar refractivity (Wildman–Crippen MR) is 105 cm³/mol. The largest absolute Gasteiger partial charge is 0.469 e. The quantitative estimate of drug-likeness (QED) is 0.387. The zero-order valence-electron chi connectivity index (χ0n) is 14.3. The van der Waals surface area contributed by atoms with Crippen LogP contribution in [0, 0.1) is 0 Å². The van der Waals surface area contributed by atoms with Crippen molar-refractivity contribution in [2.24, 2.45) is 4.99 Å². The van der Waals surface area contributed by atoms with Gasteiger partial charge < -0.3 is 19.4 Å². The molecule has 1 aliphatic rings. The second-order valence-corrected chi connectivity index (χ2v) is 5.83. The fraction of sp³-hybridized carbons (Fsp3) is 0.706. The number of rotatable bonds is 8. The molecule has 1 N–H and O–H groups in total. The monoisotopic (exact) mass is 435 g/mol. The summed E-state index contributed by atoms with van der Waals surface area (Å²) >= 11 is 0. The number of unbranched alkanes of at least 4 members (excludes halogenated alkanes) is 1. The van der Waals surface area contributed by atoms with Crippen LogP contribution in [0.3, 0.4) is 0 Å². The van der Waals surface area contributed by atoms with E-state index in [9.17, 15) is 0 Å². The van der Waals surface area contributed by atoms with Gasteiger partial charge in [-0.15, -0.1) is 24.0 Å². The normalized spacial score (nSPS) is 17.8. The van der Waals surface area contributed by atoms with Crippen LogP contribution in [-0.4, -0.2) is 50.3 Å². The van der Waals surface area contributed by atoms with Crippen molar-refractivity contribution in [1.29, 1.82) is 0 Å². The third kappa shape index (κ3) is 7.56. The Bertz CT molecular complexity index is 431. The molecule has 1 fully saturated rings. The van der Waals surface area contributed by atoms with Crippen LogP contribution in [-0.2, 0) is 11.2 Å². The van der Waals surface area contributed by atoms with E-state index in [1.54, 1.807) is 6.26 Å². The number of nitrogens with zero attached hydrogens (tertiary/aromatic N) is 2. The molecule has 2 heterocycles. The van der Waals surface area contributed by atoms with E-state index in [2.05, 4.69) is 24.2 Å². The molecule has 1 atom stereocenters. The number of guanidine groups is 1. The topological polar surface area (TPSA) is 50.0 Å². The standard InChI is InChI=1S/C17H29N3O2.HI/c1-3-4-11-20(2)17(19-14-16-8-6-13-22-16)18-10-9-15-7-5-12-21-15;/h5,7,12,16H,3-4,6,8-11,13-14H2,1-2H3,(H,18,19);1H. The van der Waals surface area contributed by atoms with Crippen LogP contribution in [0.4, 0.5) is 0 Å². The molecule has 23 heavy (non-hydrogen) atoms. The maximum absolute atomic E-state index is 5.66. The zero-order valence-corrected chi connectivity index (χ0v) is 16.6. The Kier molecular flexibility index (Phi) is 10.3. The maximum Gasteiger partial charge on any atom is 0.193 e. The summed E-state index contributed by atoms with van der Waals surface area (Å²) in [5, 5.41) is 3.45. The molecule has 0 amide bonds. The number of hydrogen-bond acceptors (Lipinski definition) is 3. The molecule has 0 spiro atoms. The SMILES string of the molecule is CCCCN(C)C(=NCC1CCCO1)NCCc1ccco1.I. The van der Waals surface area contributed by atoms with Crippen molar-refractivity contribution >= 4 is 29.9 Å². The smallest absolute Gasteiger partial charge is 0.193 e. The molecular formula is C17H30IN3O2. The Morgan fingerprint density at radius 2 is 2.35 bits per heavy atom. The number of furan rings is 1. The molecule has 0 aromatic carbocycles. The molecule has 1 aromatic rings. The molecule has 1 unspecified atom stereocenters. The lowest BCUT2D eigenvalue weighted by atomic mass is 10.2. The van der Waals surface area contributed by atoms with Crippen LogP contribution in [0.5, 0.6) is 0 Å². The number of halogens is 1. The number of nitrogens with one attached hydrogen (secondary N) is 1. The van der Waals surface area contributed by atoms with Gasteiger partial charge in [0.1, 0.15) is 5.76 Å². The molecule has 5 nitrogen and oxygen atoms in total. The molecule has 132 valence electrons. The van der Waals surface area contributed by atoms with Gasteiger partial charge >= 0.3 is 0 Å². The third-order valence-corrected chi connectivity index (χ3v) is 3.91. The van der Waals surface area contributed by atoms with Crippen molar-refractivity contribution in [2.75, 3.05) is 33.3 Å². The van der Waals surface area contributed by atoms with Crippen molar-refractivity contribution < 1.29 is 9.15 Å². The van der Waals surface area contributed by atoms with Gasteiger partial charge in [0.05, 0.1) is 18.9 Å². The first-order valence-electron chi connectivity index (χ1n) is 8.43. The summed E-state index contributed by atoms with van der Waals surface area (Å²) in [6.45, 7) is 5.69. The minimum atomic E-state index is 0. The highest BCUT2D eigenvalue weighted by molar-refractivity contribution is 14.0. The van der Waals surface area contributed by atoms with Gasteiger partial charge in [0.15, 0.2) is 5.96 Å². The molecule has 0 radical (unpaired) electrons. The van der Waals surface area contributed by atoms with Crippen molar-refractivity contribution in [3.05, 3.63) is 24.2 Å². The second-order valence-electron chi connectivity index (χ2n) is 5.83. The van der Waals surface area contributed by atoms with Gasteiger partial charge in [-0.1, -0.05) is 13.3 Å². The molecule has 2 rings (SSSR count). The van der Waals surface area contributed by atoms with Gasteiger partial charge in [-0.25, -0.2) is 0 Å². The van der Waals surface area contributed by atoms with Gasteiger partial charge in [0.2, 0.25) is 0 Å². The Balaban J connectivity index is 0.00000264. The minimum Gasteiger partial charge on any atom is -0.469 e. The van der Waals surface area contributed by atoms with Gasteiger partial charge in [-0.05, 0) is 31.4 Å². The van der Waals surface area contributed by atoms with Gasteiger partial charge in [0, 0.05) is 33.2 Å². The Morgan fingerprint density at radius 1 is 1.48 bits per heavy atom. The minimum absolute atomic E-state index is 0. The molecule has 1 aromatic heterocycles. The summed E-state index contributed by atoms with van der Waals surface area (Å²) in [5.74, 6) is 1.97. The van der Waals surface area contributed by atoms with Crippen LogP contribution >= 0.6 is 24.0 Å². The lowest BCUT2D eigenvalue weighted by Crippen LogP contribution is -2.41. The Hall–Kier alpha value is -0.760. The van der Waals surface area contributed by atoms with Crippen LogP contribution < -0.4 is 5.32 Å². The molecule has 6 heteroatoms. The van der Waals surface area contributed by atoms with E-state index in [4.69, 9.17) is 14.1 Å². The van der Waals surface area contributed by atoms with Crippen LogP contribution in [0.25, 0.3) is 0 Å². The molecule has 0 aliphatic carbocycles. The predicted octanol–water partition coefficient (Wildman–Crippen LogP) is 3.30. The summed E-state index contributed by atoms with van der Waals surface area (Å²) in [4.78, 5) is 6.96. The first-order chi connectivity index (χ1) is 10.8.